The topological polar surface area (TPSA) is 26.0 Å². The molecule has 0 aliphatic rings. The predicted octanol–water partition coefficient (Wildman–Crippen LogP) is 4.18. The SMILES string of the molecule is CCCCCCC(N)Cc1ccccc1Cl. The Hall–Kier alpha value is -0.530. The van der Waals surface area contributed by atoms with Crippen molar-refractivity contribution in [1.29, 1.82) is 0 Å². The van der Waals surface area contributed by atoms with Gasteiger partial charge in [-0.1, -0.05) is 62.4 Å². The second-order valence-electron chi connectivity index (χ2n) is 4.40. The van der Waals surface area contributed by atoms with Crippen molar-refractivity contribution in [3.05, 3.63) is 34.9 Å². The Morgan fingerprint density at radius 3 is 2.62 bits per heavy atom. The maximum atomic E-state index is 6.10. The molecular weight excluding hydrogens is 218 g/mol. The summed E-state index contributed by atoms with van der Waals surface area (Å²) in [5.41, 5.74) is 7.27. The minimum Gasteiger partial charge on any atom is -0.327 e. The molecule has 0 aliphatic carbocycles. The molecule has 0 spiro atoms. The number of nitrogens with two attached hydrogens (primary N) is 1. The van der Waals surface area contributed by atoms with Crippen LogP contribution in [-0.2, 0) is 6.42 Å². The van der Waals surface area contributed by atoms with Crippen molar-refractivity contribution in [2.45, 2.75) is 51.5 Å². The molecule has 0 saturated heterocycles. The molecule has 1 nitrogen and oxygen atoms in total. The van der Waals surface area contributed by atoms with Crippen molar-refractivity contribution in [3.8, 4) is 0 Å². The summed E-state index contributed by atoms with van der Waals surface area (Å²) in [4.78, 5) is 0. The molecule has 1 unspecified atom stereocenters. The molecule has 0 aromatic heterocycles. The maximum absolute atomic E-state index is 6.10. The van der Waals surface area contributed by atoms with Gasteiger partial charge in [0.05, 0.1) is 0 Å². The largest absolute Gasteiger partial charge is 0.327 e. The Bertz CT molecular complexity index is 299. The van der Waals surface area contributed by atoms with Crippen molar-refractivity contribution < 1.29 is 0 Å². The van der Waals surface area contributed by atoms with E-state index in [4.69, 9.17) is 17.3 Å². The van der Waals surface area contributed by atoms with Gasteiger partial charge >= 0.3 is 0 Å². The molecule has 0 fully saturated rings. The fourth-order valence-electron chi connectivity index (χ4n) is 1.88. The van der Waals surface area contributed by atoms with Crippen LogP contribution in [0, 0.1) is 0 Å². The molecule has 1 aromatic rings. The number of rotatable bonds is 7. The van der Waals surface area contributed by atoms with Gasteiger partial charge in [0.25, 0.3) is 0 Å². The predicted molar refractivity (Wildman–Crippen MR) is 71.9 cm³/mol. The lowest BCUT2D eigenvalue weighted by molar-refractivity contribution is 0.546. The minimum atomic E-state index is 0.247. The van der Waals surface area contributed by atoms with E-state index < -0.39 is 0 Å². The van der Waals surface area contributed by atoms with Gasteiger partial charge in [-0.2, -0.15) is 0 Å². The summed E-state index contributed by atoms with van der Waals surface area (Å²) in [6, 6.07) is 8.22. The van der Waals surface area contributed by atoms with E-state index in [0.29, 0.717) is 0 Å². The first kappa shape index (κ1) is 13.5. The average Bonchev–Trinajstić information content (AvgIpc) is 2.28. The van der Waals surface area contributed by atoms with E-state index in [1.54, 1.807) is 0 Å². The van der Waals surface area contributed by atoms with Crippen molar-refractivity contribution >= 4 is 11.6 Å². The number of halogens is 1. The van der Waals surface area contributed by atoms with Crippen LogP contribution in [0.3, 0.4) is 0 Å². The van der Waals surface area contributed by atoms with Gasteiger partial charge in [-0.25, -0.2) is 0 Å². The standard InChI is InChI=1S/C14H22ClN/c1-2-3-4-5-9-13(16)11-12-8-6-7-10-14(12)15/h6-8,10,13H,2-5,9,11,16H2,1H3. The van der Waals surface area contributed by atoms with Crippen LogP contribution in [0.1, 0.15) is 44.6 Å². The van der Waals surface area contributed by atoms with Crippen molar-refractivity contribution in [2.24, 2.45) is 5.73 Å². The monoisotopic (exact) mass is 239 g/mol. The van der Waals surface area contributed by atoms with Crippen LogP contribution in [0.15, 0.2) is 24.3 Å². The van der Waals surface area contributed by atoms with E-state index in [1.807, 2.05) is 18.2 Å². The van der Waals surface area contributed by atoms with E-state index >= 15 is 0 Å². The zero-order valence-corrected chi connectivity index (χ0v) is 10.8. The molecule has 16 heavy (non-hydrogen) atoms. The maximum Gasteiger partial charge on any atom is 0.0438 e. The van der Waals surface area contributed by atoms with Gasteiger partial charge in [0, 0.05) is 11.1 Å². The van der Waals surface area contributed by atoms with Crippen LogP contribution >= 0.6 is 11.6 Å². The summed E-state index contributed by atoms with van der Waals surface area (Å²) in [5, 5.41) is 0.839. The fourth-order valence-corrected chi connectivity index (χ4v) is 2.09. The highest BCUT2D eigenvalue weighted by Gasteiger charge is 2.06. The van der Waals surface area contributed by atoms with Crippen molar-refractivity contribution in [2.75, 3.05) is 0 Å². The quantitative estimate of drug-likeness (QED) is 0.710. The van der Waals surface area contributed by atoms with Crippen LogP contribution in [0.25, 0.3) is 0 Å². The molecule has 1 rings (SSSR count). The highest BCUT2D eigenvalue weighted by Crippen LogP contribution is 2.17. The molecule has 0 bridgehead atoms. The molecule has 0 saturated carbocycles. The Balaban J connectivity index is 2.28. The van der Waals surface area contributed by atoms with Crippen molar-refractivity contribution in [3.63, 3.8) is 0 Å². The van der Waals surface area contributed by atoms with E-state index in [-0.39, 0.29) is 6.04 Å². The summed E-state index contributed by atoms with van der Waals surface area (Å²) < 4.78 is 0. The molecule has 2 heteroatoms. The first-order valence-electron chi connectivity index (χ1n) is 6.23. The Morgan fingerprint density at radius 2 is 1.94 bits per heavy atom. The third kappa shape index (κ3) is 5.00. The fraction of sp³-hybridized carbons (Fsp3) is 0.571. The van der Waals surface area contributed by atoms with Crippen LogP contribution in [0.4, 0.5) is 0 Å². The van der Waals surface area contributed by atoms with Crippen molar-refractivity contribution in [1.82, 2.24) is 0 Å². The molecule has 1 atom stereocenters. The summed E-state index contributed by atoms with van der Waals surface area (Å²) in [5.74, 6) is 0. The molecule has 0 radical (unpaired) electrons. The lowest BCUT2D eigenvalue weighted by atomic mass is 10.0. The Morgan fingerprint density at radius 1 is 1.19 bits per heavy atom. The number of benzene rings is 1. The number of hydrogen-bond acceptors (Lipinski definition) is 1. The second-order valence-corrected chi connectivity index (χ2v) is 4.81. The number of hydrogen-bond donors (Lipinski definition) is 1. The van der Waals surface area contributed by atoms with E-state index in [1.165, 1.54) is 31.2 Å². The van der Waals surface area contributed by atoms with Gasteiger partial charge < -0.3 is 5.73 Å². The first-order chi connectivity index (χ1) is 7.74. The highest BCUT2D eigenvalue weighted by molar-refractivity contribution is 6.31. The highest BCUT2D eigenvalue weighted by atomic mass is 35.5. The van der Waals surface area contributed by atoms with Gasteiger partial charge in [0.1, 0.15) is 0 Å². The molecule has 0 heterocycles. The molecular formula is C14H22ClN. The first-order valence-corrected chi connectivity index (χ1v) is 6.60. The van der Waals surface area contributed by atoms with Gasteiger partial charge in [0.2, 0.25) is 0 Å². The lowest BCUT2D eigenvalue weighted by Crippen LogP contribution is -2.22. The molecule has 0 aliphatic heterocycles. The third-order valence-corrected chi connectivity index (χ3v) is 3.24. The van der Waals surface area contributed by atoms with Crippen LogP contribution in [0.2, 0.25) is 5.02 Å². The molecule has 1 aromatic carbocycles. The Kier molecular flexibility index (Phi) is 6.51. The van der Waals surface area contributed by atoms with Gasteiger partial charge in [-0.3, -0.25) is 0 Å². The van der Waals surface area contributed by atoms with Crippen LogP contribution in [-0.4, -0.2) is 6.04 Å². The Labute approximate surface area is 104 Å². The summed E-state index contributed by atoms with van der Waals surface area (Å²) >= 11 is 6.10. The number of unbranched alkanes of at least 4 members (excludes halogenated alkanes) is 3. The smallest absolute Gasteiger partial charge is 0.0438 e. The molecule has 2 N–H and O–H groups in total. The summed E-state index contributed by atoms with van der Waals surface area (Å²) in [6.07, 6.45) is 7.13. The van der Waals surface area contributed by atoms with E-state index in [0.717, 1.165) is 17.9 Å². The zero-order chi connectivity index (χ0) is 11.8. The second kappa shape index (κ2) is 7.70. The van der Waals surface area contributed by atoms with Crippen LogP contribution < -0.4 is 5.73 Å². The van der Waals surface area contributed by atoms with Gasteiger partial charge in [0.15, 0.2) is 0 Å². The molecule has 90 valence electrons. The minimum absolute atomic E-state index is 0.247. The van der Waals surface area contributed by atoms with E-state index in [9.17, 15) is 0 Å². The summed E-state index contributed by atoms with van der Waals surface area (Å²) in [6.45, 7) is 2.23. The normalized spacial score (nSPS) is 12.7. The molecule has 0 amide bonds. The van der Waals surface area contributed by atoms with Crippen LogP contribution in [0.5, 0.6) is 0 Å². The van der Waals surface area contributed by atoms with Gasteiger partial charge in [-0.15, -0.1) is 0 Å². The van der Waals surface area contributed by atoms with E-state index in [2.05, 4.69) is 13.0 Å². The zero-order valence-electron chi connectivity index (χ0n) is 10.1. The third-order valence-electron chi connectivity index (χ3n) is 2.87. The van der Waals surface area contributed by atoms with Gasteiger partial charge in [-0.05, 0) is 24.5 Å². The summed E-state index contributed by atoms with van der Waals surface area (Å²) in [7, 11) is 0. The average molecular weight is 240 g/mol. The lowest BCUT2D eigenvalue weighted by Gasteiger charge is -2.12.